The third-order valence-electron chi connectivity index (χ3n) is 1.81. The van der Waals surface area contributed by atoms with E-state index < -0.39 is 0 Å². The van der Waals surface area contributed by atoms with Crippen molar-refractivity contribution in [3.63, 3.8) is 0 Å². The molecular formula is C6H13N3O. The molecule has 1 amide bonds. The summed E-state index contributed by atoms with van der Waals surface area (Å²) in [5.74, 6) is 5.77. The second-order valence-electron chi connectivity index (χ2n) is 2.69. The van der Waals surface area contributed by atoms with Crippen LogP contribution in [0.1, 0.15) is 12.8 Å². The molecule has 0 radical (unpaired) electrons. The van der Waals surface area contributed by atoms with Gasteiger partial charge in [0, 0.05) is 13.0 Å². The van der Waals surface area contributed by atoms with Crippen LogP contribution in [0.5, 0.6) is 0 Å². The molecule has 0 saturated carbocycles. The quantitative estimate of drug-likeness (QED) is 0.387. The van der Waals surface area contributed by atoms with E-state index >= 15 is 0 Å². The first-order valence-electron chi connectivity index (χ1n) is 3.49. The summed E-state index contributed by atoms with van der Waals surface area (Å²) in [6, 6.07) is 0. The minimum Gasteiger partial charge on any atom is -0.330 e. The molecule has 1 rings (SSSR count). The highest BCUT2D eigenvalue weighted by molar-refractivity contribution is 5.77. The van der Waals surface area contributed by atoms with Gasteiger partial charge in [0.2, 0.25) is 5.91 Å². The molecule has 1 atom stereocenters. The van der Waals surface area contributed by atoms with Gasteiger partial charge in [-0.3, -0.25) is 9.80 Å². The number of nitrogens with two attached hydrogens (primary N) is 2. The summed E-state index contributed by atoms with van der Waals surface area (Å²) in [5, 5.41) is 1.28. The van der Waals surface area contributed by atoms with Gasteiger partial charge in [0.05, 0.1) is 0 Å². The number of nitrogens with zero attached hydrogens (tertiary/aromatic N) is 1. The second-order valence-corrected chi connectivity index (χ2v) is 2.69. The Labute approximate surface area is 60.1 Å². The van der Waals surface area contributed by atoms with Crippen molar-refractivity contribution < 1.29 is 4.79 Å². The Hall–Kier alpha value is -0.610. The zero-order valence-corrected chi connectivity index (χ0v) is 5.92. The fraction of sp³-hybridized carbons (Fsp3) is 0.833. The van der Waals surface area contributed by atoms with Gasteiger partial charge in [0.1, 0.15) is 0 Å². The minimum absolute atomic E-state index is 0.0402. The SMILES string of the molecule is NCCC1CC(=O)N(N)C1. The lowest BCUT2D eigenvalue weighted by molar-refractivity contribution is -0.127. The van der Waals surface area contributed by atoms with Crippen molar-refractivity contribution in [2.75, 3.05) is 13.1 Å². The molecule has 4 N–H and O–H groups in total. The topological polar surface area (TPSA) is 72.4 Å². The van der Waals surface area contributed by atoms with E-state index in [1.165, 1.54) is 5.01 Å². The third-order valence-corrected chi connectivity index (χ3v) is 1.81. The smallest absolute Gasteiger partial charge is 0.236 e. The van der Waals surface area contributed by atoms with Crippen molar-refractivity contribution >= 4 is 5.91 Å². The third kappa shape index (κ3) is 1.46. The van der Waals surface area contributed by atoms with Crippen LogP contribution in [0.3, 0.4) is 0 Å². The van der Waals surface area contributed by atoms with E-state index in [0.717, 1.165) is 6.42 Å². The zero-order chi connectivity index (χ0) is 7.56. The van der Waals surface area contributed by atoms with Gasteiger partial charge in [-0.2, -0.15) is 0 Å². The predicted molar refractivity (Wildman–Crippen MR) is 37.7 cm³/mol. The average molecular weight is 143 g/mol. The molecule has 1 heterocycles. The van der Waals surface area contributed by atoms with Crippen LogP contribution in [0.2, 0.25) is 0 Å². The predicted octanol–water partition coefficient (Wildman–Crippen LogP) is -0.943. The Balaban J connectivity index is 2.34. The summed E-state index contributed by atoms with van der Waals surface area (Å²) in [7, 11) is 0. The highest BCUT2D eigenvalue weighted by Crippen LogP contribution is 2.16. The summed E-state index contributed by atoms with van der Waals surface area (Å²) < 4.78 is 0. The van der Waals surface area contributed by atoms with Crippen LogP contribution in [0, 0.1) is 5.92 Å². The first-order valence-corrected chi connectivity index (χ1v) is 3.49. The lowest BCUT2D eigenvalue weighted by Gasteiger charge is -2.07. The molecule has 0 aromatic heterocycles. The monoisotopic (exact) mass is 143 g/mol. The molecule has 1 unspecified atom stereocenters. The van der Waals surface area contributed by atoms with E-state index in [1.807, 2.05) is 0 Å². The van der Waals surface area contributed by atoms with E-state index in [9.17, 15) is 4.79 Å². The molecule has 0 aliphatic carbocycles. The highest BCUT2D eigenvalue weighted by atomic mass is 16.2. The summed E-state index contributed by atoms with van der Waals surface area (Å²) in [6.07, 6.45) is 1.48. The second kappa shape index (κ2) is 2.98. The molecule has 1 aliphatic heterocycles. The van der Waals surface area contributed by atoms with Gasteiger partial charge >= 0.3 is 0 Å². The van der Waals surface area contributed by atoms with Crippen molar-refractivity contribution in [1.29, 1.82) is 0 Å². The van der Waals surface area contributed by atoms with E-state index in [0.29, 0.717) is 25.4 Å². The number of hydrazine groups is 1. The lowest BCUT2D eigenvalue weighted by Crippen LogP contribution is -2.32. The van der Waals surface area contributed by atoms with Gasteiger partial charge in [-0.25, -0.2) is 5.84 Å². The van der Waals surface area contributed by atoms with Crippen LogP contribution < -0.4 is 11.6 Å². The van der Waals surface area contributed by atoms with Crippen LogP contribution in [0.25, 0.3) is 0 Å². The number of carbonyl (C=O) groups excluding carboxylic acids is 1. The molecule has 1 saturated heterocycles. The minimum atomic E-state index is 0.0402. The Bertz CT molecular complexity index is 137. The van der Waals surface area contributed by atoms with Gasteiger partial charge in [0.25, 0.3) is 0 Å². The molecule has 0 aromatic carbocycles. The van der Waals surface area contributed by atoms with Crippen LogP contribution in [-0.2, 0) is 4.79 Å². The Morgan fingerprint density at radius 1 is 1.70 bits per heavy atom. The molecule has 4 nitrogen and oxygen atoms in total. The Morgan fingerprint density at radius 2 is 2.40 bits per heavy atom. The zero-order valence-electron chi connectivity index (χ0n) is 5.92. The number of amides is 1. The van der Waals surface area contributed by atoms with E-state index in [1.54, 1.807) is 0 Å². The van der Waals surface area contributed by atoms with E-state index in [-0.39, 0.29) is 5.91 Å². The van der Waals surface area contributed by atoms with Gasteiger partial charge in [-0.1, -0.05) is 0 Å². The average Bonchev–Trinajstić information content (AvgIpc) is 2.14. The van der Waals surface area contributed by atoms with Crippen molar-refractivity contribution in [3.05, 3.63) is 0 Å². The molecule has 1 aliphatic rings. The number of rotatable bonds is 2. The highest BCUT2D eigenvalue weighted by Gasteiger charge is 2.26. The van der Waals surface area contributed by atoms with Crippen molar-refractivity contribution in [2.45, 2.75) is 12.8 Å². The van der Waals surface area contributed by atoms with Crippen LogP contribution in [-0.4, -0.2) is 24.0 Å². The first-order chi connectivity index (χ1) is 4.74. The summed E-state index contributed by atoms with van der Waals surface area (Å²) in [5.41, 5.74) is 5.33. The van der Waals surface area contributed by atoms with Gasteiger partial charge < -0.3 is 5.73 Å². The normalized spacial score (nSPS) is 26.0. The summed E-state index contributed by atoms with van der Waals surface area (Å²) in [6.45, 7) is 1.32. The van der Waals surface area contributed by atoms with Crippen LogP contribution in [0.4, 0.5) is 0 Å². The van der Waals surface area contributed by atoms with Gasteiger partial charge in [-0.15, -0.1) is 0 Å². The van der Waals surface area contributed by atoms with Gasteiger partial charge in [0.15, 0.2) is 0 Å². The molecule has 4 heteroatoms. The van der Waals surface area contributed by atoms with E-state index in [2.05, 4.69) is 0 Å². The molecule has 1 fully saturated rings. The van der Waals surface area contributed by atoms with Crippen molar-refractivity contribution in [2.24, 2.45) is 17.5 Å². The Kier molecular flexibility index (Phi) is 2.24. The summed E-state index contributed by atoms with van der Waals surface area (Å²) in [4.78, 5) is 10.8. The van der Waals surface area contributed by atoms with Crippen LogP contribution >= 0.6 is 0 Å². The van der Waals surface area contributed by atoms with E-state index in [4.69, 9.17) is 11.6 Å². The number of hydrogen-bond acceptors (Lipinski definition) is 3. The maximum atomic E-state index is 10.8. The number of carbonyl (C=O) groups is 1. The largest absolute Gasteiger partial charge is 0.330 e. The molecular weight excluding hydrogens is 130 g/mol. The fourth-order valence-corrected chi connectivity index (χ4v) is 1.24. The standard InChI is InChI=1S/C6H13N3O/c7-2-1-5-3-6(10)9(8)4-5/h5H,1-4,7-8H2. The fourth-order valence-electron chi connectivity index (χ4n) is 1.24. The van der Waals surface area contributed by atoms with Crippen molar-refractivity contribution in [3.8, 4) is 0 Å². The molecule has 58 valence electrons. The van der Waals surface area contributed by atoms with Gasteiger partial charge in [-0.05, 0) is 18.9 Å². The molecule has 0 aromatic rings. The Morgan fingerprint density at radius 3 is 2.80 bits per heavy atom. The summed E-state index contributed by atoms with van der Waals surface area (Å²) >= 11 is 0. The number of hydrogen-bond donors (Lipinski definition) is 2. The first kappa shape index (κ1) is 7.50. The molecule has 0 bridgehead atoms. The van der Waals surface area contributed by atoms with Crippen molar-refractivity contribution in [1.82, 2.24) is 5.01 Å². The molecule has 10 heavy (non-hydrogen) atoms. The molecule has 0 spiro atoms. The van der Waals surface area contributed by atoms with Crippen LogP contribution in [0.15, 0.2) is 0 Å². The maximum absolute atomic E-state index is 10.8. The lowest BCUT2D eigenvalue weighted by atomic mass is 10.1. The maximum Gasteiger partial charge on any atom is 0.236 e.